The molecule has 0 spiro atoms. The molecule has 1 aromatic carbocycles. The van der Waals surface area contributed by atoms with E-state index >= 15 is 0 Å². The minimum atomic E-state index is -0.604. The molecule has 6 nitrogen and oxygen atoms in total. The van der Waals surface area contributed by atoms with Crippen molar-refractivity contribution in [2.24, 2.45) is 0 Å². The van der Waals surface area contributed by atoms with E-state index in [-0.39, 0.29) is 23.9 Å². The van der Waals surface area contributed by atoms with Gasteiger partial charge in [0.05, 0.1) is 11.5 Å². The normalized spacial score (nSPS) is 11.6. The zero-order valence-corrected chi connectivity index (χ0v) is 8.67. The predicted octanol–water partition coefficient (Wildman–Crippen LogP) is 1.26. The van der Waals surface area contributed by atoms with Gasteiger partial charge in [-0.25, -0.2) is 0 Å². The third-order valence-corrected chi connectivity index (χ3v) is 2.00. The Balaban J connectivity index is 3.04. The molecule has 0 amide bonds. The van der Waals surface area contributed by atoms with Gasteiger partial charge in [0.1, 0.15) is 11.6 Å². The molecule has 0 saturated heterocycles. The number of aliphatic hydroxyl groups is 1. The second-order valence-electron chi connectivity index (χ2n) is 3.33. The van der Waals surface area contributed by atoms with E-state index in [1.54, 1.807) is 19.1 Å². The van der Waals surface area contributed by atoms with Crippen LogP contribution in [0.5, 0.6) is 0 Å². The van der Waals surface area contributed by atoms with E-state index in [9.17, 15) is 10.1 Å². The Hall–Kier alpha value is -2.13. The molecule has 2 N–H and O–H groups in total. The van der Waals surface area contributed by atoms with Crippen molar-refractivity contribution < 1.29 is 10.0 Å². The predicted molar refractivity (Wildman–Crippen MR) is 58.0 cm³/mol. The van der Waals surface area contributed by atoms with Crippen LogP contribution in [0.3, 0.4) is 0 Å². The highest BCUT2D eigenvalue weighted by Crippen LogP contribution is 2.22. The molecule has 0 saturated carbocycles. The van der Waals surface area contributed by atoms with Crippen LogP contribution in [0.4, 0.5) is 11.4 Å². The van der Waals surface area contributed by atoms with Gasteiger partial charge in [0.2, 0.25) is 0 Å². The van der Waals surface area contributed by atoms with Crippen LogP contribution in [-0.2, 0) is 0 Å². The minimum absolute atomic E-state index is 0.0206. The number of nitriles is 1. The lowest BCUT2D eigenvalue weighted by atomic mass is 10.1. The van der Waals surface area contributed by atoms with Crippen molar-refractivity contribution in [1.29, 1.82) is 5.26 Å². The SMILES string of the molecule is CC(CO)Nc1ccc(C#N)c([N+](=O)[O-])c1. The minimum Gasteiger partial charge on any atom is -0.394 e. The Morgan fingerprint density at radius 1 is 1.69 bits per heavy atom. The third-order valence-electron chi connectivity index (χ3n) is 2.00. The Morgan fingerprint density at radius 3 is 2.88 bits per heavy atom. The van der Waals surface area contributed by atoms with E-state index in [2.05, 4.69) is 5.32 Å². The molecular formula is C10H11N3O3. The number of nitro benzene ring substituents is 1. The van der Waals surface area contributed by atoms with Gasteiger partial charge in [-0.05, 0) is 19.1 Å². The van der Waals surface area contributed by atoms with E-state index < -0.39 is 4.92 Å². The Labute approximate surface area is 92.3 Å². The molecule has 0 aromatic heterocycles. The topological polar surface area (TPSA) is 99.2 Å². The Morgan fingerprint density at radius 2 is 2.38 bits per heavy atom. The molecule has 0 aliphatic carbocycles. The van der Waals surface area contributed by atoms with Crippen molar-refractivity contribution in [3.63, 3.8) is 0 Å². The second kappa shape index (κ2) is 5.09. The number of anilines is 1. The smallest absolute Gasteiger partial charge is 0.289 e. The molecule has 0 heterocycles. The van der Waals surface area contributed by atoms with E-state index in [0.717, 1.165) is 0 Å². The van der Waals surface area contributed by atoms with Crippen LogP contribution in [-0.4, -0.2) is 22.7 Å². The quantitative estimate of drug-likeness (QED) is 0.589. The average molecular weight is 221 g/mol. The largest absolute Gasteiger partial charge is 0.394 e. The third kappa shape index (κ3) is 2.68. The van der Waals surface area contributed by atoms with Crippen LogP contribution < -0.4 is 5.32 Å². The summed E-state index contributed by atoms with van der Waals surface area (Å²) in [5.41, 5.74) is 0.289. The summed E-state index contributed by atoms with van der Waals surface area (Å²) in [6.07, 6.45) is 0. The van der Waals surface area contributed by atoms with Crippen LogP contribution in [0.1, 0.15) is 12.5 Å². The Kier molecular flexibility index (Phi) is 3.80. The average Bonchev–Trinajstić information content (AvgIpc) is 2.28. The molecular weight excluding hydrogens is 210 g/mol. The van der Waals surface area contributed by atoms with Gasteiger partial charge in [0, 0.05) is 17.8 Å². The van der Waals surface area contributed by atoms with Gasteiger partial charge in [-0.1, -0.05) is 0 Å². The number of nitro groups is 1. The summed E-state index contributed by atoms with van der Waals surface area (Å²) in [7, 11) is 0. The van der Waals surface area contributed by atoms with Crippen molar-refractivity contribution >= 4 is 11.4 Å². The fraction of sp³-hybridized carbons (Fsp3) is 0.300. The van der Waals surface area contributed by atoms with Crippen LogP contribution in [0.15, 0.2) is 18.2 Å². The first-order valence-electron chi connectivity index (χ1n) is 4.64. The summed E-state index contributed by atoms with van der Waals surface area (Å²) in [6, 6.07) is 5.78. The lowest BCUT2D eigenvalue weighted by Gasteiger charge is -2.11. The molecule has 1 atom stereocenters. The van der Waals surface area contributed by atoms with Gasteiger partial charge >= 0.3 is 0 Å². The summed E-state index contributed by atoms with van der Waals surface area (Å²) in [5, 5.41) is 31.0. The molecule has 6 heteroatoms. The number of nitrogens with one attached hydrogen (secondary N) is 1. The lowest BCUT2D eigenvalue weighted by molar-refractivity contribution is -0.385. The van der Waals surface area contributed by atoms with Crippen molar-refractivity contribution in [2.45, 2.75) is 13.0 Å². The number of hydrogen-bond donors (Lipinski definition) is 2. The maximum atomic E-state index is 10.7. The fourth-order valence-electron chi connectivity index (χ4n) is 1.20. The van der Waals surface area contributed by atoms with Crippen LogP contribution >= 0.6 is 0 Å². The summed E-state index contributed by atoms with van der Waals surface area (Å²) >= 11 is 0. The summed E-state index contributed by atoms with van der Waals surface area (Å²) in [5.74, 6) is 0. The van der Waals surface area contributed by atoms with Crippen molar-refractivity contribution in [3.8, 4) is 6.07 Å². The fourth-order valence-corrected chi connectivity index (χ4v) is 1.20. The number of benzene rings is 1. The van der Waals surface area contributed by atoms with Gasteiger partial charge in [0.25, 0.3) is 5.69 Å². The van der Waals surface area contributed by atoms with Gasteiger partial charge in [-0.3, -0.25) is 10.1 Å². The molecule has 1 aromatic rings. The summed E-state index contributed by atoms with van der Waals surface area (Å²) in [4.78, 5) is 10.1. The van der Waals surface area contributed by atoms with Crippen molar-refractivity contribution in [2.75, 3.05) is 11.9 Å². The van der Waals surface area contributed by atoms with Crippen molar-refractivity contribution in [3.05, 3.63) is 33.9 Å². The highest BCUT2D eigenvalue weighted by atomic mass is 16.6. The van der Waals surface area contributed by atoms with E-state index in [1.807, 2.05) is 0 Å². The van der Waals surface area contributed by atoms with Gasteiger partial charge < -0.3 is 10.4 Å². The first-order valence-corrected chi connectivity index (χ1v) is 4.64. The maximum Gasteiger partial charge on any atom is 0.289 e. The Bertz CT molecular complexity index is 439. The van der Waals surface area contributed by atoms with Crippen LogP contribution in [0.25, 0.3) is 0 Å². The molecule has 0 radical (unpaired) electrons. The summed E-state index contributed by atoms with van der Waals surface area (Å²) < 4.78 is 0. The highest BCUT2D eigenvalue weighted by molar-refractivity contribution is 5.59. The molecule has 16 heavy (non-hydrogen) atoms. The van der Waals surface area contributed by atoms with E-state index in [1.165, 1.54) is 12.1 Å². The lowest BCUT2D eigenvalue weighted by Crippen LogP contribution is -2.19. The van der Waals surface area contributed by atoms with E-state index in [4.69, 9.17) is 10.4 Å². The van der Waals surface area contributed by atoms with Gasteiger partial charge in [-0.2, -0.15) is 5.26 Å². The molecule has 84 valence electrons. The monoisotopic (exact) mass is 221 g/mol. The molecule has 0 aliphatic heterocycles. The molecule has 1 unspecified atom stereocenters. The first kappa shape index (κ1) is 11.9. The highest BCUT2D eigenvalue weighted by Gasteiger charge is 2.14. The van der Waals surface area contributed by atoms with Gasteiger partial charge in [-0.15, -0.1) is 0 Å². The zero-order valence-electron chi connectivity index (χ0n) is 8.67. The van der Waals surface area contributed by atoms with Crippen LogP contribution in [0.2, 0.25) is 0 Å². The molecule has 0 aliphatic rings. The first-order chi connectivity index (χ1) is 7.58. The molecule has 0 bridgehead atoms. The summed E-state index contributed by atoms with van der Waals surface area (Å²) in [6.45, 7) is 1.66. The van der Waals surface area contributed by atoms with Gasteiger partial charge in [0.15, 0.2) is 0 Å². The maximum absolute atomic E-state index is 10.7. The van der Waals surface area contributed by atoms with Crippen LogP contribution in [0, 0.1) is 21.4 Å². The number of rotatable bonds is 4. The number of hydrogen-bond acceptors (Lipinski definition) is 5. The second-order valence-corrected chi connectivity index (χ2v) is 3.33. The zero-order chi connectivity index (χ0) is 12.1. The van der Waals surface area contributed by atoms with Crippen molar-refractivity contribution in [1.82, 2.24) is 0 Å². The molecule has 0 fully saturated rings. The van der Waals surface area contributed by atoms with E-state index in [0.29, 0.717) is 5.69 Å². The number of nitrogens with zero attached hydrogens (tertiary/aromatic N) is 2. The number of aliphatic hydroxyl groups excluding tert-OH is 1. The molecule has 1 rings (SSSR count). The standard InChI is InChI=1S/C10H11N3O3/c1-7(6-14)12-9-3-2-8(5-11)10(4-9)13(15)16/h2-4,7,12,14H,6H2,1H3.